The van der Waals surface area contributed by atoms with E-state index in [0.717, 1.165) is 0 Å². The van der Waals surface area contributed by atoms with Crippen molar-refractivity contribution < 1.29 is 19.5 Å². The monoisotopic (exact) mass is 341 g/mol. The summed E-state index contributed by atoms with van der Waals surface area (Å²) in [6, 6.07) is 0. The number of carbonyl (C=O) groups is 3. The zero-order chi connectivity index (χ0) is 18.8. The van der Waals surface area contributed by atoms with E-state index < -0.39 is 0 Å². The largest absolute Gasteiger partial charge is 0.875 e. The number of hydrogen-bond donors (Lipinski definition) is 0. The first-order chi connectivity index (χ1) is 11.5. The number of carbonyl (C=O) groups excluding carboxylic acids is 3. The van der Waals surface area contributed by atoms with Gasteiger partial charge in [-0.25, -0.2) is 0 Å². The van der Waals surface area contributed by atoms with Crippen LogP contribution < -0.4 is 5.11 Å². The van der Waals surface area contributed by atoms with Gasteiger partial charge >= 0.3 is 0 Å². The minimum absolute atomic E-state index is 0.135. The van der Waals surface area contributed by atoms with Crippen LogP contribution in [-0.2, 0) is 14.4 Å². The Morgan fingerprint density at radius 2 is 1.28 bits per heavy atom. The van der Waals surface area contributed by atoms with Crippen LogP contribution in [0.2, 0.25) is 0 Å². The standard InChI is InChI=1S/C21H26O4/c1-20(2)10-16(22)14(17(23)11-20)8-6-5-7-9-15-18(24)12-21(3,4)13-19(15)25/h5-9,22H,10-13H2,1-4H3/p-1. The van der Waals surface area contributed by atoms with Crippen molar-refractivity contribution >= 4 is 17.3 Å². The zero-order valence-electron chi connectivity index (χ0n) is 15.3. The predicted molar refractivity (Wildman–Crippen MR) is 94.4 cm³/mol. The summed E-state index contributed by atoms with van der Waals surface area (Å²) in [5.41, 5.74) is -0.103. The van der Waals surface area contributed by atoms with Gasteiger partial charge in [0.1, 0.15) is 0 Å². The molecule has 0 aliphatic heterocycles. The minimum Gasteiger partial charge on any atom is -0.875 e. The number of hydrogen-bond acceptors (Lipinski definition) is 4. The summed E-state index contributed by atoms with van der Waals surface area (Å²) in [7, 11) is 0. The summed E-state index contributed by atoms with van der Waals surface area (Å²) in [5.74, 6) is -0.540. The molecule has 0 bridgehead atoms. The Labute approximate surface area is 149 Å². The van der Waals surface area contributed by atoms with Crippen LogP contribution >= 0.6 is 0 Å². The van der Waals surface area contributed by atoms with Gasteiger partial charge in [0.05, 0.1) is 5.57 Å². The molecule has 2 aliphatic rings. The summed E-state index contributed by atoms with van der Waals surface area (Å²) >= 11 is 0. The van der Waals surface area contributed by atoms with Gasteiger partial charge in [0, 0.05) is 24.8 Å². The molecule has 0 spiro atoms. The molecule has 2 rings (SSSR count). The fourth-order valence-corrected chi connectivity index (χ4v) is 3.29. The Balaban J connectivity index is 2.06. The van der Waals surface area contributed by atoms with E-state index in [1.807, 2.05) is 27.7 Å². The van der Waals surface area contributed by atoms with E-state index >= 15 is 0 Å². The van der Waals surface area contributed by atoms with E-state index in [1.165, 1.54) is 12.2 Å². The third-order valence-corrected chi connectivity index (χ3v) is 4.51. The maximum absolute atomic E-state index is 12.0. The second kappa shape index (κ2) is 6.95. The van der Waals surface area contributed by atoms with E-state index in [9.17, 15) is 19.5 Å². The van der Waals surface area contributed by atoms with Gasteiger partial charge in [0.2, 0.25) is 0 Å². The van der Waals surface area contributed by atoms with Gasteiger partial charge < -0.3 is 5.11 Å². The molecule has 1 fully saturated rings. The highest BCUT2D eigenvalue weighted by Crippen LogP contribution is 2.35. The number of ketones is 3. The Morgan fingerprint density at radius 1 is 0.760 bits per heavy atom. The Kier molecular flexibility index (Phi) is 5.31. The summed E-state index contributed by atoms with van der Waals surface area (Å²) < 4.78 is 0. The lowest BCUT2D eigenvalue weighted by molar-refractivity contribution is -0.312. The highest BCUT2D eigenvalue weighted by molar-refractivity contribution is 6.22. The third-order valence-electron chi connectivity index (χ3n) is 4.51. The molecule has 2 aliphatic carbocycles. The molecular weight excluding hydrogens is 316 g/mol. The van der Waals surface area contributed by atoms with Crippen molar-refractivity contribution in [1.29, 1.82) is 0 Å². The Morgan fingerprint density at radius 3 is 1.84 bits per heavy atom. The topological polar surface area (TPSA) is 74.3 Å². The van der Waals surface area contributed by atoms with Crippen LogP contribution in [0.3, 0.4) is 0 Å². The molecule has 0 N–H and O–H groups in total. The molecule has 0 radical (unpaired) electrons. The summed E-state index contributed by atoms with van der Waals surface area (Å²) in [6.45, 7) is 7.65. The fraction of sp³-hybridized carbons (Fsp3) is 0.476. The van der Waals surface area contributed by atoms with Crippen LogP contribution in [0.1, 0.15) is 53.4 Å². The number of rotatable bonds is 3. The van der Waals surface area contributed by atoms with Crippen molar-refractivity contribution in [2.24, 2.45) is 10.8 Å². The van der Waals surface area contributed by atoms with Crippen LogP contribution in [0.4, 0.5) is 0 Å². The van der Waals surface area contributed by atoms with Gasteiger partial charge in [-0.05, 0) is 23.3 Å². The molecule has 134 valence electrons. The lowest BCUT2D eigenvalue weighted by Gasteiger charge is -2.34. The first-order valence-corrected chi connectivity index (χ1v) is 8.56. The number of allylic oxidation sites excluding steroid dienone is 8. The van der Waals surface area contributed by atoms with Crippen molar-refractivity contribution in [3.05, 3.63) is 47.3 Å². The molecule has 0 aromatic carbocycles. The van der Waals surface area contributed by atoms with Crippen LogP contribution in [0.25, 0.3) is 0 Å². The molecule has 0 aromatic rings. The summed E-state index contributed by atoms with van der Waals surface area (Å²) in [4.78, 5) is 36.1. The molecule has 25 heavy (non-hydrogen) atoms. The van der Waals surface area contributed by atoms with Crippen molar-refractivity contribution in [2.75, 3.05) is 0 Å². The third kappa shape index (κ3) is 4.88. The Hall–Kier alpha value is -2.23. The van der Waals surface area contributed by atoms with Crippen LogP contribution in [0, 0.1) is 10.8 Å². The highest BCUT2D eigenvalue weighted by atomic mass is 16.3. The molecular formula is C21H25O4-. The number of Topliss-reactive ketones (excluding diaryl/α,β-unsaturated/α-hetero) is 3. The van der Waals surface area contributed by atoms with Gasteiger partial charge in [-0.15, -0.1) is 5.76 Å². The molecule has 0 unspecified atom stereocenters. The van der Waals surface area contributed by atoms with Gasteiger partial charge in [-0.2, -0.15) is 0 Å². The van der Waals surface area contributed by atoms with Crippen molar-refractivity contribution in [1.82, 2.24) is 0 Å². The van der Waals surface area contributed by atoms with E-state index in [0.29, 0.717) is 25.7 Å². The van der Waals surface area contributed by atoms with Crippen LogP contribution in [0.15, 0.2) is 47.3 Å². The van der Waals surface area contributed by atoms with Crippen LogP contribution in [0.5, 0.6) is 0 Å². The van der Waals surface area contributed by atoms with Crippen LogP contribution in [-0.4, -0.2) is 17.3 Å². The summed E-state index contributed by atoms with van der Waals surface area (Å²) in [6.07, 6.45) is 9.32. The molecule has 0 heterocycles. The smallest absolute Gasteiger partial charge is 0.166 e. The molecule has 0 saturated heterocycles. The van der Waals surface area contributed by atoms with E-state index in [-0.39, 0.29) is 45.1 Å². The normalized spacial score (nSPS) is 23.8. The van der Waals surface area contributed by atoms with E-state index in [4.69, 9.17) is 0 Å². The summed E-state index contributed by atoms with van der Waals surface area (Å²) in [5, 5.41) is 12.0. The van der Waals surface area contributed by atoms with E-state index in [2.05, 4.69) is 0 Å². The lowest BCUT2D eigenvalue weighted by Crippen LogP contribution is -2.31. The molecule has 0 aromatic heterocycles. The average molecular weight is 341 g/mol. The quantitative estimate of drug-likeness (QED) is 0.449. The fourth-order valence-electron chi connectivity index (χ4n) is 3.29. The molecule has 0 amide bonds. The molecule has 4 nitrogen and oxygen atoms in total. The Bertz CT molecular complexity index is 705. The second-order valence-electron chi connectivity index (χ2n) is 8.47. The van der Waals surface area contributed by atoms with Gasteiger partial charge in [0.15, 0.2) is 17.3 Å². The van der Waals surface area contributed by atoms with Crippen molar-refractivity contribution in [3.63, 3.8) is 0 Å². The molecule has 4 heteroatoms. The molecule has 0 atom stereocenters. The minimum atomic E-state index is -0.277. The van der Waals surface area contributed by atoms with Crippen molar-refractivity contribution in [3.8, 4) is 0 Å². The van der Waals surface area contributed by atoms with Crippen molar-refractivity contribution in [2.45, 2.75) is 53.4 Å². The first kappa shape index (κ1) is 19.1. The predicted octanol–water partition coefficient (Wildman–Crippen LogP) is 2.99. The van der Waals surface area contributed by atoms with E-state index in [1.54, 1.807) is 18.2 Å². The lowest BCUT2D eigenvalue weighted by atomic mass is 9.74. The second-order valence-corrected chi connectivity index (χ2v) is 8.47. The van der Waals surface area contributed by atoms with Gasteiger partial charge in [-0.3, -0.25) is 14.4 Å². The molecule has 1 saturated carbocycles. The first-order valence-electron chi connectivity index (χ1n) is 8.56. The maximum atomic E-state index is 12.0. The average Bonchev–Trinajstić information content (AvgIpc) is 2.40. The zero-order valence-corrected chi connectivity index (χ0v) is 15.3. The van der Waals surface area contributed by atoms with Gasteiger partial charge in [-0.1, -0.05) is 52.0 Å². The van der Waals surface area contributed by atoms with Gasteiger partial charge in [0.25, 0.3) is 0 Å². The SMILES string of the molecule is CC1(C)CC(=O)C(=CC=CC=CC2=C([O-])CC(C)(C)CC2=O)C(=O)C1. The maximum Gasteiger partial charge on any atom is 0.166 e. The highest BCUT2D eigenvalue weighted by Gasteiger charge is 2.35.